The van der Waals surface area contributed by atoms with Gasteiger partial charge in [-0.2, -0.15) is 0 Å². The van der Waals surface area contributed by atoms with Gasteiger partial charge in [-0.1, -0.05) is 43.1 Å². The molecule has 0 saturated carbocycles. The van der Waals surface area contributed by atoms with Crippen molar-refractivity contribution in [3.63, 3.8) is 0 Å². The molecule has 3 N–H and O–H groups in total. The summed E-state index contributed by atoms with van der Waals surface area (Å²) in [6, 6.07) is 25.2. The number of carbonyl (C=O) groups is 2. The average Bonchev–Trinajstić information content (AvgIpc) is 3.47. The first-order chi connectivity index (χ1) is 24.4. The van der Waals surface area contributed by atoms with Crippen molar-refractivity contribution in [3.8, 4) is 11.5 Å². The molecule has 0 aliphatic rings. The quantitative estimate of drug-likeness (QED) is 0.0283. The number of imidazole rings is 1. The molecule has 12 nitrogen and oxygen atoms in total. The first-order valence-corrected chi connectivity index (χ1v) is 16.7. The standard InChI is InChI=1S/C38H43N7O5/c1-4-5-6-11-24-49-43-37(39)27-15-18-29(19-16-27)41-26-35-42-30-25-28(17-20-31(30)44(35)2)38(47)45(34-14-9-10-22-40-34)23-21-36(46)50-33-13-8-7-12-32(33)48-3/h7-10,12-20,22,25,41H,4-6,11,21,23-24,26H2,1-3H3,(H2,39,43). The fraction of sp³-hybridized carbons (Fsp3) is 0.289. The van der Waals surface area contributed by atoms with Crippen molar-refractivity contribution in [2.45, 2.75) is 45.6 Å². The topological polar surface area (TPSA) is 146 Å². The molecule has 12 heteroatoms. The van der Waals surface area contributed by atoms with E-state index >= 15 is 0 Å². The van der Waals surface area contributed by atoms with Crippen LogP contribution in [0.5, 0.6) is 11.5 Å². The Labute approximate surface area is 291 Å². The van der Waals surface area contributed by atoms with E-state index in [9.17, 15) is 9.59 Å². The lowest BCUT2D eigenvalue weighted by molar-refractivity contribution is -0.134. The number of ether oxygens (including phenoxy) is 2. The number of pyridine rings is 1. The van der Waals surface area contributed by atoms with E-state index in [1.807, 2.05) is 41.9 Å². The highest BCUT2D eigenvalue weighted by molar-refractivity contribution is 6.07. The van der Waals surface area contributed by atoms with Crippen molar-refractivity contribution in [1.29, 1.82) is 0 Å². The number of anilines is 2. The second-order valence-electron chi connectivity index (χ2n) is 11.6. The van der Waals surface area contributed by atoms with E-state index < -0.39 is 5.97 Å². The molecule has 1 amide bonds. The molecule has 5 aromatic rings. The molecular weight excluding hydrogens is 634 g/mol. The van der Waals surface area contributed by atoms with Crippen molar-refractivity contribution in [1.82, 2.24) is 14.5 Å². The van der Waals surface area contributed by atoms with Gasteiger partial charge >= 0.3 is 5.97 Å². The molecule has 0 unspecified atom stereocenters. The first-order valence-electron chi connectivity index (χ1n) is 16.7. The summed E-state index contributed by atoms with van der Waals surface area (Å²) in [5.41, 5.74) is 9.72. The molecule has 2 aromatic heterocycles. The number of nitrogens with one attached hydrogen (secondary N) is 1. The minimum Gasteiger partial charge on any atom is -0.493 e. The Hall–Kier alpha value is -5.91. The number of benzene rings is 3. The Morgan fingerprint density at radius 1 is 0.940 bits per heavy atom. The first kappa shape index (κ1) is 35.4. The summed E-state index contributed by atoms with van der Waals surface area (Å²) in [4.78, 5) is 42.7. The van der Waals surface area contributed by atoms with Crippen molar-refractivity contribution >= 4 is 40.3 Å². The number of unbranched alkanes of at least 4 members (excludes halogenated alkanes) is 3. The van der Waals surface area contributed by atoms with Crippen LogP contribution in [0.1, 0.15) is 60.8 Å². The lowest BCUT2D eigenvalue weighted by Crippen LogP contribution is -2.34. The molecule has 0 saturated heterocycles. The third-order valence-corrected chi connectivity index (χ3v) is 8.11. The highest BCUT2D eigenvalue weighted by Crippen LogP contribution is 2.26. The highest BCUT2D eigenvalue weighted by atomic mass is 16.6. The summed E-state index contributed by atoms with van der Waals surface area (Å²) < 4.78 is 12.8. The molecule has 5 rings (SSSR count). The van der Waals surface area contributed by atoms with Crippen LogP contribution in [0.25, 0.3) is 11.0 Å². The molecule has 3 aromatic carbocycles. The maximum absolute atomic E-state index is 13.9. The van der Waals surface area contributed by atoms with Gasteiger partial charge in [0, 0.05) is 36.6 Å². The van der Waals surface area contributed by atoms with Gasteiger partial charge in [0.2, 0.25) is 0 Å². The number of rotatable bonds is 17. The number of para-hydroxylation sites is 2. The predicted molar refractivity (Wildman–Crippen MR) is 194 cm³/mol. The smallest absolute Gasteiger partial charge is 0.313 e. The van der Waals surface area contributed by atoms with Gasteiger partial charge < -0.3 is 29.9 Å². The van der Waals surface area contributed by atoms with Gasteiger partial charge in [0.15, 0.2) is 17.3 Å². The number of amidine groups is 1. The number of methoxy groups -OCH3 is 1. The summed E-state index contributed by atoms with van der Waals surface area (Å²) in [6.45, 7) is 3.23. The third-order valence-electron chi connectivity index (χ3n) is 8.11. The van der Waals surface area contributed by atoms with Crippen LogP contribution < -0.4 is 25.4 Å². The molecule has 0 spiro atoms. The molecule has 0 aliphatic heterocycles. The Morgan fingerprint density at radius 3 is 2.44 bits per heavy atom. The summed E-state index contributed by atoms with van der Waals surface area (Å²) in [6.07, 6.45) is 5.98. The maximum Gasteiger partial charge on any atom is 0.313 e. The van der Waals surface area contributed by atoms with Crippen molar-refractivity contribution in [3.05, 3.63) is 108 Å². The number of aryl methyl sites for hydroxylation is 1. The lowest BCUT2D eigenvalue weighted by Gasteiger charge is -2.21. The summed E-state index contributed by atoms with van der Waals surface area (Å²) >= 11 is 0. The molecule has 2 heterocycles. The molecule has 260 valence electrons. The number of hydrogen-bond acceptors (Lipinski definition) is 9. The van der Waals surface area contributed by atoms with Crippen LogP contribution >= 0.6 is 0 Å². The van der Waals surface area contributed by atoms with Gasteiger partial charge in [0.05, 0.1) is 31.1 Å². The Kier molecular flexibility index (Phi) is 12.4. The van der Waals surface area contributed by atoms with Crippen LogP contribution in [0.2, 0.25) is 0 Å². The largest absolute Gasteiger partial charge is 0.493 e. The molecule has 0 aliphatic carbocycles. The maximum atomic E-state index is 13.9. The van der Waals surface area contributed by atoms with E-state index in [4.69, 9.17) is 25.0 Å². The molecule has 50 heavy (non-hydrogen) atoms. The van der Waals surface area contributed by atoms with Crippen LogP contribution in [0.3, 0.4) is 0 Å². The third kappa shape index (κ3) is 9.16. The fourth-order valence-corrected chi connectivity index (χ4v) is 5.31. The summed E-state index contributed by atoms with van der Waals surface area (Å²) in [7, 11) is 3.44. The minimum absolute atomic E-state index is 0.0572. The number of amides is 1. The average molecular weight is 678 g/mol. The van der Waals surface area contributed by atoms with Crippen LogP contribution in [0.15, 0.2) is 96.3 Å². The molecule has 0 radical (unpaired) electrons. The Morgan fingerprint density at radius 2 is 1.70 bits per heavy atom. The van der Waals surface area contributed by atoms with Crippen LogP contribution in [0, 0.1) is 0 Å². The lowest BCUT2D eigenvalue weighted by atomic mass is 10.1. The number of esters is 1. The van der Waals surface area contributed by atoms with E-state index in [0.29, 0.717) is 47.4 Å². The Balaban J connectivity index is 1.23. The molecular formula is C38H43N7O5. The van der Waals surface area contributed by atoms with Crippen molar-refractivity contribution < 1.29 is 23.9 Å². The van der Waals surface area contributed by atoms with Gasteiger partial charge in [-0.15, -0.1) is 0 Å². The second kappa shape index (κ2) is 17.5. The van der Waals surface area contributed by atoms with E-state index in [1.165, 1.54) is 24.9 Å². The zero-order valence-electron chi connectivity index (χ0n) is 28.7. The van der Waals surface area contributed by atoms with Crippen LogP contribution in [-0.2, 0) is 23.2 Å². The normalized spacial score (nSPS) is 11.3. The number of nitrogens with two attached hydrogens (primary N) is 1. The van der Waals surface area contributed by atoms with Gasteiger partial charge in [-0.3, -0.25) is 14.5 Å². The van der Waals surface area contributed by atoms with Gasteiger partial charge in [0.25, 0.3) is 5.91 Å². The zero-order chi connectivity index (χ0) is 35.3. The second-order valence-corrected chi connectivity index (χ2v) is 11.6. The monoisotopic (exact) mass is 677 g/mol. The predicted octanol–water partition coefficient (Wildman–Crippen LogP) is 6.45. The van der Waals surface area contributed by atoms with E-state index in [2.05, 4.69) is 22.4 Å². The van der Waals surface area contributed by atoms with Crippen LogP contribution in [0.4, 0.5) is 11.5 Å². The number of hydrogen-bond donors (Lipinski definition) is 2. The number of aromatic nitrogens is 3. The number of fused-ring (bicyclic) bond motifs is 1. The number of nitrogens with zero attached hydrogens (tertiary/aromatic N) is 5. The number of oxime groups is 1. The van der Waals surface area contributed by atoms with Gasteiger partial charge in [-0.25, -0.2) is 9.97 Å². The highest BCUT2D eigenvalue weighted by Gasteiger charge is 2.22. The molecule has 0 bridgehead atoms. The fourth-order valence-electron chi connectivity index (χ4n) is 5.31. The van der Waals surface area contributed by atoms with Gasteiger partial charge in [0.1, 0.15) is 18.2 Å². The molecule has 0 fully saturated rings. The molecule has 0 atom stereocenters. The summed E-state index contributed by atoms with van der Waals surface area (Å²) in [5.74, 6) is 1.47. The minimum atomic E-state index is -0.506. The van der Waals surface area contributed by atoms with E-state index in [0.717, 1.165) is 35.4 Å². The van der Waals surface area contributed by atoms with Gasteiger partial charge in [-0.05, 0) is 79.6 Å². The van der Waals surface area contributed by atoms with Crippen molar-refractivity contribution in [2.24, 2.45) is 17.9 Å². The van der Waals surface area contributed by atoms with E-state index in [-0.39, 0.29) is 18.9 Å². The number of carbonyl (C=O) groups excluding carboxylic acids is 2. The van der Waals surface area contributed by atoms with Crippen molar-refractivity contribution in [2.75, 3.05) is 30.5 Å². The summed E-state index contributed by atoms with van der Waals surface area (Å²) in [5, 5.41) is 7.44. The van der Waals surface area contributed by atoms with Crippen LogP contribution in [-0.4, -0.2) is 52.5 Å². The Bertz CT molecular complexity index is 1910. The zero-order valence-corrected chi connectivity index (χ0v) is 28.7. The SMILES string of the molecule is CCCCCCON=C(N)c1ccc(NCc2nc3cc(C(=O)N(CCC(=O)Oc4ccccc4OC)c4ccccn4)ccc3n2C)cc1. The van der Waals surface area contributed by atoms with E-state index in [1.54, 1.807) is 60.8 Å².